The average Bonchev–Trinajstić information content (AvgIpc) is 2.62. The van der Waals surface area contributed by atoms with Crippen molar-refractivity contribution >= 4 is 29.2 Å². The van der Waals surface area contributed by atoms with Gasteiger partial charge in [0.15, 0.2) is 0 Å². The summed E-state index contributed by atoms with van der Waals surface area (Å²) in [7, 11) is 1.30. The normalized spacial score (nSPS) is 10.3. The lowest BCUT2D eigenvalue weighted by Crippen LogP contribution is -2.14. The van der Waals surface area contributed by atoms with E-state index in [0.29, 0.717) is 34.8 Å². The van der Waals surface area contributed by atoms with Gasteiger partial charge in [-0.25, -0.2) is 4.79 Å². The van der Waals surface area contributed by atoms with Crippen molar-refractivity contribution in [3.63, 3.8) is 0 Å². The van der Waals surface area contributed by atoms with Gasteiger partial charge in [-0.05, 0) is 54.4 Å². The predicted octanol–water partition coefficient (Wildman–Crippen LogP) is 3.71. The van der Waals surface area contributed by atoms with Crippen LogP contribution in [0.1, 0.15) is 41.0 Å². The number of hydrogen-bond acceptors (Lipinski definition) is 4. The summed E-state index contributed by atoms with van der Waals surface area (Å²) in [6.45, 7) is 3.96. The van der Waals surface area contributed by atoms with Gasteiger partial charge in [-0.1, -0.05) is 13.8 Å². The molecule has 2 rings (SSSR count). The van der Waals surface area contributed by atoms with E-state index in [0.717, 1.165) is 0 Å². The van der Waals surface area contributed by atoms with Gasteiger partial charge in [0.05, 0.1) is 12.7 Å². The Balaban J connectivity index is 1.96. The summed E-state index contributed by atoms with van der Waals surface area (Å²) in [6.07, 6.45) is 0.458. The largest absolute Gasteiger partial charge is 0.465 e. The maximum absolute atomic E-state index is 12.3. The molecule has 0 unspecified atom stereocenters. The molecule has 0 heterocycles. The summed E-state index contributed by atoms with van der Waals surface area (Å²) in [5, 5.41) is 5.58. The third-order valence-corrected chi connectivity index (χ3v) is 3.59. The summed E-state index contributed by atoms with van der Waals surface area (Å²) >= 11 is 0. The topological polar surface area (TPSA) is 84.5 Å². The second-order valence-electron chi connectivity index (χ2n) is 6.25. The van der Waals surface area contributed by atoms with E-state index in [2.05, 4.69) is 15.4 Å². The van der Waals surface area contributed by atoms with Crippen molar-refractivity contribution in [2.45, 2.75) is 20.3 Å². The Labute approximate surface area is 152 Å². The van der Waals surface area contributed by atoms with Gasteiger partial charge in [-0.2, -0.15) is 0 Å². The zero-order valence-corrected chi connectivity index (χ0v) is 15.0. The Morgan fingerprint density at radius 3 is 1.85 bits per heavy atom. The van der Waals surface area contributed by atoms with Crippen molar-refractivity contribution in [2.24, 2.45) is 5.92 Å². The first-order valence-electron chi connectivity index (χ1n) is 8.28. The molecular formula is C20H22N2O4. The second-order valence-corrected chi connectivity index (χ2v) is 6.25. The molecule has 6 heteroatoms. The molecule has 0 aliphatic carbocycles. The third-order valence-electron chi connectivity index (χ3n) is 3.59. The van der Waals surface area contributed by atoms with Crippen LogP contribution in [-0.4, -0.2) is 24.9 Å². The Bertz CT molecular complexity index is 780. The van der Waals surface area contributed by atoms with Gasteiger partial charge in [0.1, 0.15) is 0 Å². The number of esters is 1. The molecule has 0 radical (unpaired) electrons. The monoisotopic (exact) mass is 354 g/mol. The summed E-state index contributed by atoms with van der Waals surface area (Å²) in [5.74, 6) is -0.494. The Kier molecular flexibility index (Phi) is 6.49. The van der Waals surface area contributed by atoms with Crippen LogP contribution in [0.3, 0.4) is 0 Å². The fraction of sp³-hybridized carbons (Fsp3) is 0.250. The maximum Gasteiger partial charge on any atom is 0.337 e. The van der Waals surface area contributed by atoms with Crippen LogP contribution in [0.5, 0.6) is 0 Å². The van der Waals surface area contributed by atoms with Crippen LogP contribution in [-0.2, 0) is 9.53 Å². The summed E-state index contributed by atoms with van der Waals surface area (Å²) < 4.78 is 4.62. The molecule has 2 amide bonds. The minimum absolute atomic E-state index is 0.0394. The van der Waals surface area contributed by atoms with Gasteiger partial charge >= 0.3 is 5.97 Å². The van der Waals surface area contributed by atoms with Gasteiger partial charge < -0.3 is 15.4 Å². The molecule has 0 saturated heterocycles. The molecule has 0 bridgehead atoms. The minimum Gasteiger partial charge on any atom is -0.465 e. The lowest BCUT2D eigenvalue weighted by molar-refractivity contribution is -0.116. The van der Waals surface area contributed by atoms with Gasteiger partial charge in [-0.3, -0.25) is 9.59 Å². The van der Waals surface area contributed by atoms with Crippen LogP contribution in [0.2, 0.25) is 0 Å². The van der Waals surface area contributed by atoms with Crippen LogP contribution in [0.15, 0.2) is 48.5 Å². The highest BCUT2D eigenvalue weighted by Crippen LogP contribution is 2.16. The van der Waals surface area contributed by atoms with Crippen LogP contribution in [0.4, 0.5) is 11.4 Å². The number of carbonyl (C=O) groups excluding carboxylic acids is 3. The van der Waals surface area contributed by atoms with Gasteiger partial charge in [-0.15, -0.1) is 0 Å². The zero-order chi connectivity index (χ0) is 19.1. The first-order valence-corrected chi connectivity index (χ1v) is 8.28. The number of benzene rings is 2. The number of carbonyl (C=O) groups is 3. The molecule has 2 aromatic carbocycles. The Hall–Kier alpha value is -3.15. The lowest BCUT2D eigenvalue weighted by Gasteiger charge is -2.09. The molecule has 136 valence electrons. The van der Waals surface area contributed by atoms with Crippen molar-refractivity contribution < 1.29 is 19.1 Å². The molecule has 26 heavy (non-hydrogen) atoms. The summed E-state index contributed by atoms with van der Waals surface area (Å²) in [4.78, 5) is 35.4. The smallest absolute Gasteiger partial charge is 0.337 e. The van der Waals surface area contributed by atoms with Crippen molar-refractivity contribution in [2.75, 3.05) is 17.7 Å². The van der Waals surface area contributed by atoms with Crippen LogP contribution in [0, 0.1) is 5.92 Å². The molecule has 0 fully saturated rings. The minimum atomic E-state index is -0.452. The third kappa shape index (κ3) is 5.44. The molecule has 0 aliphatic heterocycles. The molecule has 0 saturated carbocycles. The molecule has 2 aromatic rings. The number of nitrogens with one attached hydrogen (secondary N) is 2. The number of methoxy groups -OCH3 is 1. The van der Waals surface area contributed by atoms with Crippen LogP contribution in [0.25, 0.3) is 0 Å². The van der Waals surface area contributed by atoms with Crippen molar-refractivity contribution in [3.05, 3.63) is 59.7 Å². The fourth-order valence-electron chi connectivity index (χ4n) is 2.30. The molecule has 0 aliphatic rings. The Morgan fingerprint density at radius 2 is 1.35 bits per heavy atom. The van der Waals surface area contributed by atoms with E-state index in [4.69, 9.17) is 0 Å². The lowest BCUT2D eigenvalue weighted by atomic mass is 10.1. The van der Waals surface area contributed by atoms with E-state index < -0.39 is 5.97 Å². The second kappa shape index (κ2) is 8.80. The quantitative estimate of drug-likeness (QED) is 0.775. The van der Waals surface area contributed by atoms with Crippen LogP contribution >= 0.6 is 0 Å². The van der Waals surface area contributed by atoms with E-state index in [1.54, 1.807) is 36.4 Å². The van der Waals surface area contributed by atoms with Gasteiger partial charge in [0.25, 0.3) is 5.91 Å². The van der Waals surface area contributed by atoms with Crippen molar-refractivity contribution in [3.8, 4) is 0 Å². The fourth-order valence-corrected chi connectivity index (χ4v) is 2.30. The van der Waals surface area contributed by atoms with E-state index in [1.807, 2.05) is 13.8 Å². The highest BCUT2D eigenvalue weighted by atomic mass is 16.5. The van der Waals surface area contributed by atoms with Gasteiger partial charge in [0.2, 0.25) is 5.91 Å². The number of ether oxygens (including phenoxy) is 1. The van der Waals surface area contributed by atoms with Crippen molar-refractivity contribution in [1.82, 2.24) is 0 Å². The number of hydrogen-bond donors (Lipinski definition) is 2. The highest BCUT2D eigenvalue weighted by Gasteiger charge is 2.10. The standard InChI is InChI=1S/C20H22N2O4/c1-13(2)12-18(23)21-16-8-10-17(11-9-16)22-19(24)14-4-6-15(7-5-14)20(25)26-3/h4-11,13H,12H2,1-3H3,(H,21,23)(H,22,24). The maximum atomic E-state index is 12.3. The predicted molar refractivity (Wildman–Crippen MR) is 100 cm³/mol. The van der Waals surface area contributed by atoms with E-state index >= 15 is 0 Å². The summed E-state index contributed by atoms with van der Waals surface area (Å²) in [6, 6.07) is 13.1. The van der Waals surface area contributed by atoms with Gasteiger partial charge in [0, 0.05) is 23.4 Å². The Morgan fingerprint density at radius 1 is 0.846 bits per heavy atom. The number of amides is 2. The molecule has 0 aromatic heterocycles. The molecule has 2 N–H and O–H groups in total. The van der Waals surface area contributed by atoms with E-state index in [9.17, 15) is 14.4 Å². The first kappa shape index (κ1) is 19.2. The summed E-state index contributed by atoms with van der Waals surface area (Å²) in [5.41, 5.74) is 2.09. The number of rotatable bonds is 6. The van der Waals surface area contributed by atoms with Crippen molar-refractivity contribution in [1.29, 1.82) is 0 Å². The van der Waals surface area contributed by atoms with E-state index in [1.165, 1.54) is 19.2 Å². The van der Waals surface area contributed by atoms with E-state index in [-0.39, 0.29) is 11.8 Å². The number of anilines is 2. The molecular weight excluding hydrogens is 332 g/mol. The molecule has 0 spiro atoms. The average molecular weight is 354 g/mol. The molecule has 6 nitrogen and oxygen atoms in total. The first-order chi connectivity index (χ1) is 12.4. The van der Waals surface area contributed by atoms with Crippen LogP contribution < -0.4 is 10.6 Å². The molecule has 0 atom stereocenters. The zero-order valence-electron chi connectivity index (χ0n) is 15.0. The highest BCUT2D eigenvalue weighted by molar-refractivity contribution is 6.05. The SMILES string of the molecule is COC(=O)c1ccc(C(=O)Nc2ccc(NC(=O)CC(C)C)cc2)cc1.